The average Bonchev–Trinajstić information content (AvgIpc) is 2.11. The van der Waals surface area contributed by atoms with Gasteiger partial charge in [0.05, 0.1) is 6.42 Å². The van der Waals surface area contributed by atoms with Crippen molar-refractivity contribution < 1.29 is 9.90 Å². The second-order valence-electron chi connectivity index (χ2n) is 6.73. The lowest BCUT2D eigenvalue weighted by Gasteiger charge is -2.78. The number of carboxylic acid groups (broad SMARTS) is 1. The van der Waals surface area contributed by atoms with E-state index in [4.69, 9.17) is 10.8 Å². The van der Waals surface area contributed by atoms with Crippen LogP contribution in [0.15, 0.2) is 0 Å². The Hall–Kier alpha value is -0.570. The number of hydrogen-bond donors (Lipinski definition) is 2. The van der Waals surface area contributed by atoms with E-state index in [1.807, 2.05) is 0 Å². The maximum absolute atomic E-state index is 11.1. The molecule has 0 amide bonds. The van der Waals surface area contributed by atoms with Crippen molar-refractivity contribution in [1.29, 1.82) is 0 Å². The summed E-state index contributed by atoms with van der Waals surface area (Å²) in [6, 6.07) is 0. The molecule has 0 aromatic heterocycles. The summed E-state index contributed by atoms with van der Waals surface area (Å²) >= 11 is 0. The summed E-state index contributed by atoms with van der Waals surface area (Å²) in [6.07, 6.45) is 0.160. The van der Waals surface area contributed by atoms with Crippen molar-refractivity contribution in [3.05, 3.63) is 0 Å². The van der Waals surface area contributed by atoms with Crippen LogP contribution in [0.1, 0.15) is 48.0 Å². The molecule has 0 unspecified atom stereocenters. The predicted molar refractivity (Wildman–Crippen MR) is 65.1 cm³/mol. The Morgan fingerprint density at radius 2 is 1.38 bits per heavy atom. The quantitative estimate of drug-likeness (QED) is 0.778. The van der Waals surface area contributed by atoms with E-state index in [0.29, 0.717) is 6.54 Å². The molecule has 0 aromatic carbocycles. The summed E-state index contributed by atoms with van der Waals surface area (Å²) in [5, 5.41) is 9.12. The molecule has 1 aliphatic carbocycles. The van der Waals surface area contributed by atoms with Crippen LogP contribution in [0.3, 0.4) is 0 Å². The predicted octanol–water partition coefficient (Wildman–Crippen LogP) is 2.50. The van der Waals surface area contributed by atoms with Crippen LogP contribution in [0, 0.1) is 21.7 Å². The summed E-state index contributed by atoms with van der Waals surface area (Å²) in [4.78, 5) is 11.1. The molecule has 1 saturated carbocycles. The molecule has 0 spiro atoms. The van der Waals surface area contributed by atoms with E-state index in [9.17, 15) is 4.79 Å². The molecule has 16 heavy (non-hydrogen) atoms. The lowest BCUT2D eigenvalue weighted by Crippen LogP contribution is -2.75. The van der Waals surface area contributed by atoms with Gasteiger partial charge in [0.25, 0.3) is 0 Å². The normalized spacial score (nSPS) is 28.2. The van der Waals surface area contributed by atoms with Crippen LogP contribution in [-0.2, 0) is 4.79 Å². The Balaban J connectivity index is 3.26. The van der Waals surface area contributed by atoms with Crippen molar-refractivity contribution in [2.45, 2.75) is 48.0 Å². The van der Waals surface area contributed by atoms with Gasteiger partial charge in [0, 0.05) is 5.41 Å². The second kappa shape index (κ2) is 3.22. The Morgan fingerprint density at radius 3 is 1.62 bits per heavy atom. The van der Waals surface area contributed by atoms with E-state index in [0.717, 1.165) is 0 Å². The molecule has 0 aromatic rings. The van der Waals surface area contributed by atoms with Gasteiger partial charge in [-0.25, -0.2) is 0 Å². The Bertz CT molecular complexity index is 298. The molecule has 3 heteroatoms. The van der Waals surface area contributed by atoms with Crippen LogP contribution in [0.5, 0.6) is 0 Å². The van der Waals surface area contributed by atoms with Crippen LogP contribution < -0.4 is 5.73 Å². The topological polar surface area (TPSA) is 63.3 Å². The van der Waals surface area contributed by atoms with Crippen molar-refractivity contribution in [3.8, 4) is 0 Å². The van der Waals surface area contributed by atoms with E-state index in [1.165, 1.54) is 0 Å². The first-order chi connectivity index (χ1) is 6.98. The summed E-state index contributed by atoms with van der Waals surface area (Å²) in [5.74, 6) is -0.748. The first kappa shape index (κ1) is 13.5. The van der Waals surface area contributed by atoms with Crippen LogP contribution in [-0.4, -0.2) is 17.6 Å². The van der Waals surface area contributed by atoms with Crippen LogP contribution in [0.2, 0.25) is 0 Å². The Labute approximate surface area is 98.4 Å². The van der Waals surface area contributed by atoms with Gasteiger partial charge in [-0.3, -0.25) is 4.79 Å². The summed E-state index contributed by atoms with van der Waals surface area (Å²) in [6.45, 7) is 13.4. The zero-order chi connectivity index (χ0) is 13.0. The number of rotatable bonds is 3. The van der Waals surface area contributed by atoms with Crippen LogP contribution >= 0.6 is 0 Å². The SMILES string of the molecule is CC1(C)C(C)(C)C(CN)(CC(=O)O)C1(C)C. The molecule has 0 radical (unpaired) electrons. The van der Waals surface area contributed by atoms with E-state index < -0.39 is 5.97 Å². The summed E-state index contributed by atoms with van der Waals surface area (Å²) in [7, 11) is 0. The van der Waals surface area contributed by atoms with Gasteiger partial charge in [0.1, 0.15) is 0 Å². The van der Waals surface area contributed by atoms with Gasteiger partial charge in [-0.2, -0.15) is 0 Å². The van der Waals surface area contributed by atoms with Gasteiger partial charge in [-0.05, 0) is 22.8 Å². The lowest BCUT2D eigenvalue weighted by molar-refractivity contribution is -0.297. The molecule has 0 atom stereocenters. The van der Waals surface area contributed by atoms with Gasteiger partial charge in [-0.1, -0.05) is 41.5 Å². The molecule has 1 rings (SSSR count). The summed E-state index contributed by atoms with van der Waals surface area (Å²) < 4.78 is 0. The average molecular weight is 227 g/mol. The third-order valence-corrected chi connectivity index (χ3v) is 6.32. The highest BCUT2D eigenvalue weighted by molar-refractivity contribution is 5.68. The standard InChI is InChI=1S/C13H25NO2/c1-10(2)11(3,4)13(8-14,7-9(15)16)12(10,5)6/h7-8,14H2,1-6H3,(H,15,16). The Morgan fingerprint density at radius 1 is 1.00 bits per heavy atom. The molecule has 0 heterocycles. The highest BCUT2D eigenvalue weighted by atomic mass is 16.4. The van der Waals surface area contributed by atoms with E-state index in [1.54, 1.807) is 0 Å². The minimum Gasteiger partial charge on any atom is -0.481 e. The molecule has 3 nitrogen and oxygen atoms in total. The number of nitrogens with two attached hydrogens (primary N) is 1. The zero-order valence-corrected chi connectivity index (χ0v) is 11.3. The highest BCUT2D eigenvalue weighted by Crippen LogP contribution is 2.78. The minimum absolute atomic E-state index is 0.0589. The van der Waals surface area contributed by atoms with Gasteiger partial charge < -0.3 is 10.8 Å². The van der Waals surface area contributed by atoms with Gasteiger partial charge in [0.15, 0.2) is 0 Å². The fourth-order valence-electron chi connectivity index (χ4n) is 3.98. The molecule has 94 valence electrons. The van der Waals surface area contributed by atoms with Crippen molar-refractivity contribution in [3.63, 3.8) is 0 Å². The highest BCUT2D eigenvalue weighted by Gasteiger charge is 2.75. The fourth-order valence-corrected chi connectivity index (χ4v) is 3.98. The van der Waals surface area contributed by atoms with Crippen molar-refractivity contribution in [2.24, 2.45) is 27.4 Å². The maximum atomic E-state index is 11.1. The van der Waals surface area contributed by atoms with Crippen LogP contribution in [0.4, 0.5) is 0 Å². The molecule has 1 fully saturated rings. The van der Waals surface area contributed by atoms with E-state index in [-0.39, 0.29) is 28.1 Å². The largest absolute Gasteiger partial charge is 0.481 e. The summed E-state index contributed by atoms with van der Waals surface area (Å²) in [5.41, 5.74) is 5.59. The molecule has 1 aliphatic rings. The molecule has 0 aliphatic heterocycles. The molecule has 0 bridgehead atoms. The van der Waals surface area contributed by atoms with E-state index in [2.05, 4.69) is 41.5 Å². The maximum Gasteiger partial charge on any atom is 0.303 e. The molecule has 3 N–H and O–H groups in total. The number of carboxylic acids is 1. The van der Waals surface area contributed by atoms with Crippen LogP contribution in [0.25, 0.3) is 0 Å². The molecular formula is C13H25NO2. The molecule has 0 saturated heterocycles. The minimum atomic E-state index is -0.748. The van der Waals surface area contributed by atoms with Crippen molar-refractivity contribution in [1.82, 2.24) is 0 Å². The number of hydrogen-bond acceptors (Lipinski definition) is 2. The van der Waals surface area contributed by atoms with Crippen molar-refractivity contribution in [2.75, 3.05) is 6.54 Å². The smallest absolute Gasteiger partial charge is 0.303 e. The third kappa shape index (κ3) is 1.10. The lowest BCUT2D eigenvalue weighted by atomic mass is 9.26. The van der Waals surface area contributed by atoms with E-state index >= 15 is 0 Å². The first-order valence-electron chi connectivity index (χ1n) is 5.90. The van der Waals surface area contributed by atoms with Gasteiger partial charge >= 0.3 is 5.97 Å². The fraction of sp³-hybridized carbons (Fsp3) is 0.923. The number of aliphatic carboxylic acids is 1. The van der Waals surface area contributed by atoms with Gasteiger partial charge in [-0.15, -0.1) is 0 Å². The first-order valence-corrected chi connectivity index (χ1v) is 5.90. The Kier molecular flexibility index (Phi) is 2.72. The third-order valence-electron chi connectivity index (χ3n) is 6.32. The van der Waals surface area contributed by atoms with Crippen molar-refractivity contribution >= 4 is 5.97 Å². The second-order valence-corrected chi connectivity index (χ2v) is 6.73. The monoisotopic (exact) mass is 227 g/mol. The van der Waals surface area contributed by atoms with Gasteiger partial charge in [0.2, 0.25) is 0 Å². The zero-order valence-electron chi connectivity index (χ0n) is 11.3. The number of carbonyl (C=O) groups is 1. The molecular weight excluding hydrogens is 202 g/mol.